The lowest BCUT2D eigenvalue weighted by Crippen LogP contribution is -2.45. The average Bonchev–Trinajstić information content (AvgIpc) is 2.22. The Morgan fingerprint density at radius 3 is 2.10 bits per heavy atom. The number of nitrogens with one attached hydrogen (secondary N) is 1. The van der Waals surface area contributed by atoms with E-state index in [1.54, 1.807) is 20.8 Å². The quantitative estimate of drug-likeness (QED) is 0.409. The Bertz CT molecular complexity index is 462. The van der Waals surface area contributed by atoms with Crippen molar-refractivity contribution in [3.8, 4) is 0 Å². The topological polar surface area (TPSA) is 119 Å². The summed E-state index contributed by atoms with van der Waals surface area (Å²) in [6, 6.07) is 0. The number of rotatable bonds is 6. The summed E-state index contributed by atoms with van der Waals surface area (Å²) in [7, 11) is 0. The van der Waals surface area contributed by atoms with Crippen molar-refractivity contribution < 1.29 is 33.8 Å². The number of carbonyl (C=O) groups excluding carboxylic acids is 3. The molecule has 0 aliphatic heterocycles. The number of aliphatic carboxylic acids is 1. The molecule has 0 aromatic carbocycles. The van der Waals surface area contributed by atoms with Gasteiger partial charge in [0.2, 0.25) is 11.8 Å². The van der Waals surface area contributed by atoms with Gasteiger partial charge < -0.3 is 19.9 Å². The van der Waals surface area contributed by atoms with E-state index in [1.807, 2.05) is 5.32 Å². The molecular formula is C13H19NO7. The number of esters is 2. The van der Waals surface area contributed by atoms with Crippen molar-refractivity contribution >= 4 is 23.8 Å². The summed E-state index contributed by atoms with van der Waals surface area (Å²) in [5.74, 6) is -6.67. The standard InChI is InChI=1S/C13H19NO7/c1-7(2)20-11(18)9(10(17)14-6-8(15)16)12(19)21-13(3,4)5/h9H,1,6H2,2-5H3,(H,14,17)(H,15,16). The molecule has 0 aliphatic carbocycles. The van der Waals surface area contributed by atoms with Crippen LogP contribution in [0.4, 0.5) is 0 Å². The Balaban J connectivity index is 5.12. The van der Waals surface area contributed by atoms with Gasteiger partial charge in [-0.25, -0.2) is 0 Å². The Kier molecular flexibility index (Phi) is 6.57. The van der Waals surface area contributed by atoms with Crippen LogP contribution in [0.25, 0.3) is 0 Å². The second-order valence-corrected chi connectivity index (χ2v) is 5.20. The molecule has 1 amide bonds. The van der Waals surface area contributed by atoms with Crippen molar-refractivity contribution in [3.63, 3.8) is 0 Å². The summed E-state index contributed by atoms with van der Waals surface area (Å²) in [5, 5.41) is 10.4. The number of hydrogen-bond acceptors (Lipinski definition) is 6. The van der Waals surface area contributed by atoms with E-state index in [0.29, 0.717) is 0 Å². The third-order valence-electron chi connectivity index (χ3n) is 1.83. The van der Waals surface area contributed by atoms with Gasteiger partial charge in [-0.05, 0) is 27.7 Å². The van der Waals surface area contributed by atoms with Gasteiger partial charge in [-0.15, -0.1) is 0 Å². The molecule has 8 nitrogen and oxygen atoms in total. The zero-order valence-corrected chi connectivity index (χ0v) is 12.4. The highest BCUT2D eigenvalue weighted by Gasteiger charge is 2.39. The number of allylic oxidation sites excluding steroid dienone is 1. The highest BCUT2D eigenvalue weighted by atomic mass is 16.6. The van der Waals surface area contributed by atoms with Crippen LogP contribution in [-0.2, 0) is 28.7 Å². The zero-order valence-electron chi connectivity index (χ0n) is 12.4. The lowest BCUT2D eigenvalue weighted by Gasteiger charge is -2.22. The smallest absolute Gasteiger partial charge is 0.335 e. The summed E-state index contributed by atoms with van der Waals surface area (Å²) in [6.45, 7) is 8.62. The maximum absolute atomic E-state index is 11.9. The molecule has 0 aliphatic rings. The number of hydrogen-bond donors (Lipinski definition) is 2. The fourth-order valence-corrected chi connectivity index (χ4v) is 1.17. The van der Waals surface area contributed by atoms with Gasteiger partial charge in [0.15, 0.2) is 0 Å². The van der Waals surface area contributed by atoms with Crippen LogP contribution < -0.4 is 5.32 Å². The first-order chi connectivity index (χ1) is 9.44. The van der Waals surface area contributed by atoms with Gasteiger partial charge in [-0.1, -0.05) is 6.58 Å². The minimum absolute atomic E-state index is 0.0143. The third kappa shape index (κ3) is 7.71. The summed E-state index contributed by atoms with van der Waals surface area (Å²) >= 11 is 0. The molecule has 0 spiro atoms. The largest absolute Gasteiger partial charge is 0.480 e. The van der Waals surface area contributed by atoms with E-state index in [2.05, 4.69) is 11.3 Å². The van der Waals surface area contributed by atoms with Crippen molar-refractivity contribution in [1.82, 2.24) is 5.32 Å². The Labute approximate surface area is 122 Å². The summed E-state index contributed by atoms with van der Waals surface area (Å²) < 4.78 is 9.59. The molecule has 118 valence electrons. The first-order valence-electron chi connectivity index (χ1n) is 6.03. The zero-order chi connectivity index (χ0) is 16.8. The second-order valence-electron chi connectivity index (χ2n) is 5.20. The van der Waals surface area contributed by atoms with Crippen LogP contribution in [0.1, 0.15) is 27.7 Å². The van der Waals surface area contributed by atoms with Crippen LogP contribution in [0.15, 0.2) is 12.3 Å². The van der Waals surface area contributed by atoms with E-state index >= 15 is 0 Å². The Morgan fingerprint density at radius 1 is 1.19 bits per heavy atom. The Hall–Kier alpha value is -2.38. The van der Waals surface area contributed by atoms with E-state index in [0.717, 1.165) is 0 Å². The van der Waals surface area contributed by atoms with Crippen molar-refractivity contribution in [1.29, 1.82) is 0 Å². The molecule has 0 fully saturated rings. The molecule has 8 heteroatoms. The molecule has 0 saturated heterocycles. The van der Waals surface area contributed by atoms with Gasteiger partial charge >= 0.3 is 17.9 Å². The molecule has 0 saturated carbocycles. The molecule has 0 bridgehead atoms. The van der Waals surface area contributed by atoms with Crippen molar-refractivity contribution in [3.05, 3.63) is 12.3 Å². The Morgan fingerprint density at radius 2 is 1.71 bits per heavy atom. The molecule has 0 aromatic heterocycles. The van der Waals surface area contributed by atoms with E-state index in [1.165, 1.54) is 6.92 Å². The monoisotopic (exact) mass is 301 g/mol. The minimum Gasteiger partial charge on any atom is -0.480 e. The van der Waals surface area contributed by atoms with Crippen molar-refractivity contribution in [2.45, 2.75) is 33.3 Å². The summed E-state index contributed by atoms with van der Waals surface area (Å²) in [5.41, 5.74) is -0.925. The molecule has 1 unspecified atom stereocenters. The molecular weight excluding hydrogens is 282 g/mol. The molecule has 0 rings (SSSR count). The fraction of sp³-hybridized carbons (Fsp3) is 0.538. The van der Waals surface area contributed by atoms with E-state index in [9.17, 15) is 19.2 Å². The average molecular weight is 301 g/mol. The van der Waals surface area contributed by atoms with Gasteiger partial charge in [0.1, 0.15) is 12.1 Å². The van der Waals surface area contributed by atoms with Gasteiger partial charge in [-0.2, -0.15) is 0 Å². The molecule has 1 atom stereocenters. The minimum atomic E-state index is -1.92. The van der Waals surface area contributed by atoms with Crippen LogP contribution in [0.3, 0.4) is 0 Å². The lowest BCUT2D eigenvalue weighted by molar-refractivity contribution is -0.170. The summed E-state index contributed by atoms with van der Waals surface area (Å²) in [6.07, 6.45) is 0. The van der Waals surface area contributed by atoms with E-state index in [4.69, 9.17) is 9.84 Å². The highest BCUT2D eigenvalue weighted by molar-refractivity contribution is 6.14. The van der Waals surface area contributed by atoms with Crippen LogP contribution in [0.2, 0.25) is 0 Å². The predicted octanol–water partition coefficient (Wildman–Crippen LogP) is 0.222. The van der Waals surface area contributed by atoms with Crippen LogP contribution in [0.5, 0.6) is 0 Å². The van der Waals surface area contributed by atoms with Crippen LogP contribution in [-0.4, -0.2) is 41.1 Å². The predicted molar refractivity (Wildman–Crippen MR) is 70.9 cm³/mol. The first kappa shape index (κ1) is 18.6. The van der Waals surface area contributed by atoms with Crippen LogP contribution >= 0.6 is 0 Å². The van der Waals surface area contributed by atoms with Gasteiger partial charge in [0.05, 0.1) is 5.76 Å². The SMILES string of the molecule is C=C(C)OC(=O)C(C(=O)NCC(=O)O)C(=O)OC(C)(C)C. The maximum Gasteiger partial charge on any atom is 0.335 e. The molecule has 0 aromatic rings. The molecule has 0 radical (unpaired) electrons. The van der Waals surface area contributed by atoms with E-state index in [-0.39, 0.29) is 5.76 Å². The summed E-state index contributed by atoms with van der Waals surface area (Å²) in [4.78, 5) is 45.9. The number of carboxylic acid groups (broad SMARTS) is 1. The fourth-order valence-electron chi connectivity index (χ4n) is 1.17. The van der Waals surface area contributed by atoms with E-state index < -0.39 is 41.9 Å². The highest BCUT2D eigenvalue weighted by Crippen LogP contribution is 2.14. The molecule has 21 heavy (non-hydrogen) atoms. The van der Waals surface area contributed by atoms with Gasteiger partial charge in [0.25, 0.3) is 0 Å². The number of ether oxygens (including phenoxy) is 2. The molecule has 2 N–H and O–H groups in total. The maximum atomic E-state index is 11.9. The number of carbonyl (C=O) groups is 4. The van der Waals surface area contributed by atoms with Gasteiger partial charge in [-0.3, -0.25) is 19.2 Å². The first-order valence-corrected chi connectivity index (χ1v) is 6.03. The van der Waals surface area contributed by atoms with Gasteiger partial charge in [0, 0.05) is 0 Å². The second kappa shape index (κ2) is 7.41. The molecule has 0 heterocycles. The van der Waals surface area contributed by atoms with Crippen molar-refractivity contribution in [2.75, 3.05) is 6.54 Å². The lowest BCUT2D eigenvalue weighted by atomic mass is 10.1. The third-order valence-corrected chi connectivity index (χ3v) is 1.83. The number of carboxylic acids is 1. The van der Waals surface area contributed by atoms with Crippen LogP contribution in [0, 0.1) is 5.92 Å². The van der Waals surface area contributed by atoms with Crippen molar-refractivity contribution in [2.24, 2.45) is 5.92 Å². The number of amides is 1. The normalized spacial score (nSPS) is 12.0.